The number of hydrogen-bond acceptors (Lipinski definition) is 2. The minimum Gasteiger partial charge on any atom is -0.338 e. The number of aryl methyl sites for hydroxylation is 1. The van der Waals surface area contributed by atoms with E-state index in [1.807, 2.05) is 37.3 Å². The van der Waals surface area contributed by atoms with Gasteiger partial charge < -0.3 is 4.98 Å². The Balaban J connectivity index is 2.21. The molecule has 0 radical (unpaired) electrons. The van der Waals surface area contributed by atoms with E-state index < -0.39 is 0 Å². The fraction of sp³-hybridized carbons (Fsp3) is 0.0667. The summed E-state index contributed by atoms with van der Waals surface area (Å²) < 4.78 is 0. The van der Waals surface area contributed by atoms with Crippen molar-refractivity contribution in [2.75, 3.05) is 0 Å². The van der Waals surface area contributed by atoms with Crippen molar-refractivity contribution in [2.45, 2.75) is 6.92 Å². The lowest BCUT2D eigenvalue weighted by molar-refractivity contribution is 1.32. The summed E-state index contributed by atoms with van der Waals surface area (Å²) in [6.07, 6.45) is 0. The Kier molecular flexibility index (Phi) is 2.73. The second-order valence-electron chi connectivity index (χ2n) is 4.36. The molecule has 0 amide bonds. The average Bonchev–Trinajstić information content (AvgIpc) is 2.85. The quantitative estimate of drug-likeness (QED) is 0.723. The normalized spacial score (nSPS) is 10.6. The topological polar surface area (TPSA) is 52.5 Å². The molecule has 2 aromatic carbocycles. The number of rotatable bonds is 1. The number of imidazole rings is 1. The van der Waals surface area contributed by atoms with Gasteiger partial charge in [0.05, 0.1) is 11.1 Å². The van der Waals surface area contributed by atoms with E-state index in [0.717, 1.165) is 27.5 Å². The number of hydrogen-bond donors (Lipinski definition) is 1. The Morgan fingerprint density at radius 3 is 2.84 bits per heavy atom. The molecular weight excluding hydrogens is 258 g/mol. The minimum atomic E-state index is 0.575. The van der Waals surface area contributed by atoms with Crippen molar-refractivity contribution >= 4 is 22.6 Å². The molecule has 1 heterocycles. The first-order valence-corrected chi connectivity index (χ1v) is 6.22. The van der Waals surface area contributed by atoms with Gasteiger partial charge in [0, 0.05) is 10.6 Å². The first kappa shape index (κ1) is 11.8. The second-order valence-corrected chi connectivity index (χ2v) is 4.77. The highest BCUT2D eigenvalue weighted by atomic mass is 35.5. The van der Waals surface area contributed by atoms with Crippen LogP contribution in [0.3, 0.4) is 0 Å². The summed E-state index contributed by atoms with van der Waals surface area (Å²) in [7, 11) is 0. The molecule has 0 fully saturated rings. The van der Waals surface area contributed by atoms with Crippen molar-refractivity contribution in [1.82, 2.24) is 9.97 Å². The monoisotopic (exact) mass is 267 g/mol. The van der Waals surface area contributed by atoms with Crippen LogP contribution in [0.15, 0.2) is 36.4 Å². The lowest BCUT2D eigenvalue weighted by Crippen LogP contribution is -1.83. The Labute approximate surface area is 115 Å². The van der Waals surface area contributed by atoms with Crippen LogP contribution in [0.4, 0.5) is 0 Å². The minimum absolute atomic E-state index is 0.575. The number of aromatic nitrogens is 2. The number of nitrogens with one attached hydrogen (secondary N) is 1. The Hall–Kier alpha value is -2.31. The summed E-state index contributed by atoms with van der Waals surface area (Å²) in [5.74, 6) is 0.748. The molecule has 3 nitrogen and oxygen atoms in total. The maximum atomic E-state index is 9.07. The molecule has 4 heteroatoms. The first-order chi connectivity index (χ1) is 9.19. The fourth-order valence-corrected chi connectivity index (χ4v) is 2.17. The third-order valence-electron chi connectivity index (χ3n) is 3.06. The van der Waals surface area contributed by atoms with E-state index in [1.54, 1.807) is 6.07 Å². The maximum Gasteiger partial charge on any atom is 0.138 e. The number of aromatic amines is 1. The van der Waals surface area contributed by atoms with Crippen LogP contribution >= 0.6 is 11.6 Å². The van der Waals surface area contributed by atoms with E-state index in [1.165, 1.54) is 0 Å². The predicted molar refractivity (Wildman–Crippen MR) is 76.0 cm³/mol. The van der Waals surface area contributed by atoms with Crippen molar-refractivity contribution in [3.8, 4) is 17.5 Å². The lowest BCUT2D eigenvalue weighted by atomic mass is 10.1. The van der Waals surface area contributed by atoms with Gasteiger partial charge in [-0.15, -0.1) is 0 Å². The highest BCUT2D eigenvalue weighted by Gasteiger charge is 2.09. The van der Waals surface area contributed by atoms with Gasteiger partial charge >= 0.3 is 0 Å². The van der Waals surface area contributed by atoms with Gasteiger partial charge in [-0.05, 0) is 42.8 Å². The molecule has 0 aliphatic carbocycles. The summed E-state index contributed by atoms with van der Waals surface area (Å²) in [4.78, 5) is 7.73. The molecule has 0 unspecified atom stereocenters. The van der Waals surface area contributed by atoms with Crippen LogP contribution in [0.5, 0.6) is 0 Å². The largest absolute Gasteiger partial charge is 0.338 e. The number of H-pyrrole nitrogens is 1. The second kappa shape index (κ2) is 4.42. The van der Waals surface area contributed by atoms with Gasteiger partial charge in [-0.1, -0.05) is 17.7 Å². The average molecular weight is 268 g/mol. The third kappa shape index (κ3) is 1.96. The van der Waals surface area contributed by atoms with Crippen molar-refractivity contribution in [1.29, 1.82) is 5.26 Å². The molecule has 0 spiro atoms. The number of benzene rings is 2. The molecule has 1 aromatic heterocycles. The first-order valence-electron chi connectivity index (χ1n) is 5.84. The fourth-order valence-electron chi connectivity index (χ4n) is 2.05. The Morgan fingerprint density at radius 2 is 2.11 bits per heavy atom. The molecule has 0 atom stereocenters. The van der Waals surface area contributed by atoms with E-state index >= 15 is 0 Å². The van der Waals surface area contributed by atoms with Crippen LogP contribution in [0.2, 0.25) is 5.02 Å². The van der Waals surface area contributed by atoms with Crippen LogP contribution in [-0.2, 0) is 0 Å². The number of halogens is 1. The van der Waals surface area contributed by atoms with E-state index in [0.29, 0.717) is 11.1 Å². The van der Waals surface area contributed by atoms with Gasteiger partial charge in [-0.25, -0.2) is 4.98 Å². The molecule has 0 bridgehead atoms. The standard InChI is InChI=1S/C15H10ClN3/c1-9-7-10(5-6-12(9)16)15-18-13-4-2-3-11(8-17)14(13)19-15/h2-7H,1H3,(H,18,19). The van der Waals surface area contributed by atoms with E-state index in [4.69, 9.17) is 16.9 Å². The van der Waals surface area contributed by atoms with Gasteiger partial charge in [0.1, 0.15) is 17.4 Å². The van der Waals surface area contributed by atoms with Gasteiger partial charge in [-0.2, -0.15) is 5.26 Å². The molecule has 0 saturated heterocycles. The third-order valence-corrected chi connectivity index (χ3v) is 3.49. The molecule has 0 aliphatic heterocycles. The van der Waals surface area contributed by atoms with Gasteiger partial charge in [0.2, 0.25) is 0 Å². The van der Waals surface area contributed by atoms with Crippen LogP contribution < -0.4 is 0 Å². The Bertz CT molecular complexity index is 812. The number of nitrogens with zero attached hydrogens (tertiary/aromatic N) is 2. The van der Waals surface area contributed by atoms with Crippen molar-refractivity contribution in [3.05, 3.63) is 52.5 Å². The maximum absolute atomic E-state index is 9.07. The summed E-state index contributed by atoms with van der Waals surface area (Å²) in [5.41, 5.74) is 4.10. The molecule has 1 N–H and O–H groups in total. The molecule has 0 aliphatic rings. The van der Waals surface area contributed by atoms with Crippen LogP contribution in [0, 0.1) is 18.3 Å². The highest BCUT2D eigenvalue weighted by Crippen LogP contribution is 2.25. The highest BCUT2D eigenvalue weighted by molar-refractivity contribution is 6.31. The zero-order valence-electron chi connectivity index (χ0n) is 10.2. The van der Waals surface area contributed by atoms with Crippen LogP contribution in [0.1, 0.15) is 11.1 Å². The summed E-state index contributed by atoms with van der Waals surface area (Å²) in [5, 5.41) is 9.81. The van der Waals surface area contributed by atoms with Gasteiger partial charge in [0.15, 0.2) is 0 Å². The molecule has 19 heavy (non-hydrogen) atoms. The van der Waals surface area contributed by atoms with E-state index in [2.05, 4.69) is 16.0 Å². The zero-order valence-corrected chi connectivity index (χ0v) is 11.0. The van der Waals surface area contributed by atoms with E-state index in [9.17, 15) is 0 Å². The molecule has 3 rings (SSSR count). The smallest absolute Gasteiger partial charge is 0.138 e. The number of fused-ring (bicyclic) bond motifs is 1. The Morgan fingerprint density at radius 1 is 1.26 bits per heavy atom. The summed E-state index contributed by atoms with van der Waals surface area (Å²) in [6, 6.07) is 13.4. The van der Waals surface area contributed by atoms with E-state index in [-0.39, 0.29) is 0 Å². The molecule has 3 aromatic rings. The SMILES string of the molecule is Cc1cc(-c2nc3c(C#N)cccc3[nH]2)ccc1Cl. The predicted octanol–water partition coefficient (Wildman–Crippen LogP) is 4.06. The van der Waals surface area contributed by atoms with Crippen LogP contribution in [-0.4, -0.2) is 9.97 Å². The van der Waals surface area contributed by atoms with Gasteiger partial charge in [-0.3, -0.25) is 0 Å². The number of para-hydroxylation sites is 1. The van der Waals surface area contributed by atoms with Crippen molar-refractivity contribution < 1.29 is 0 Å². The molecular formula is C15H10ClN3. The van der Waals surface area contributed by atoms with Crippen molar-refractivity contribution in [2.24, 2.45) is 0 Å². The zero-order chi connectivity index (χ0) is 13.4. The lowest BCUT2D eigenvalue weighted by Gasteiger charge is -2.00. The van der Waals surface area contributed by atoms with Crippen molar-refractivity contribution in [3.63, 3.8) is 0 Å². The molecule has 92 valence electrons. The molecule has 0 saturated carbocycles. The number of nitriles is 1. The van der Waals surface area contributed by atoms with Crippen LogP contribution in [0.25, 0.3) is 22.4 Å². The summed E-state index contributed by atoms with van der Waals surface area (Å²) >= 11 is 6.02. The summed E-state index contributed by atoms with van der Waals surface area (Å²) in [6.45, 7) is 1.95. The van der Waals surface area contributed by atoms with Gasteiger partial charge in [0.25, 0.3) is 0 Å².